The SMILES string of the molecule is CCCCCCCCN(CCCCCCC)C(=O)NC(CCCC)Sc1nc(-c2ccccc2)c(-c2ccc(S(C)(=O)=O)cc2)[nH]1. The van der Waals surface area contributed by atoms with Crippen LogP contribution < -0.4 is 5.32 Å². The van der Waals surface area contributed by atoms with Gasteiger partial charge in [0.1, 0.15) is 0 Å². The number of carbonyl (C=O) groups is 1. The van der Waals surface area contributed by atoms with Gasteiger partial charge in [-0.1, -0.05) is 146 Å². The summed E-state index contributed by atoms with van der Waals surface area (Å²) in [5.74, 6) is 0. The third-order valence-corrected chi connectivity index (χ3v) is 10.4. The van der Waals surface area contributed by atoms with E-state index in [9.17, 15) is 13.2 Å². The Hall–Kier alpha value is -2.78. The third-order valence-electron chi connectivity index (χ3n) is 8.26. The van der Waals surface area contributed by atoms with E-state index in [0.29, 0.717) is 0 Å². The summed E-state index contributed by atoms with van der Waals surface area (Å²) in [5.41, 5.74) is 3.45. The number of aromatic nitrogens is 2. The van der Waals surface area contributed by atoms with Crippen molar-refractivity contribution in [3.05, 3.63) is 54.6 Å². The molecule has 3 aromatic rings. The molecule has 0 aliphatic carbocycles. The van der Waals surface area contributed by atoms with Gasteiger partial charge in [0.15, 0.2) is 15.0 Å². The lowest BCUT2D eigenvalue weighted by molar-refractivity contribution is 0.193. The molecule has 3 rings (SSSR count). The number of carbonyl (C=O) groups excluding carboxylic acids is 1. The Morgan fingerprint density at radius 2 is 1.35 bits per heavy atom. The summed E-state index contributed by atoms with van der Waals surface area (Å²) >= 11 is 1.56. The second-order valence-electron chi connectivity index (χ2n) is 12.3. The Kier molecular flexibility index (Phi) is 16.8. The lowest BCUT2D eigenvalue weighted by atomic mass is 10.1. The number of aromatic amines is 1. The molecule has 0 spiro atoms. The summed E-state index contributed by atoms with van der Waals surface area (Å²) in [5, 5.41) is 3.97. The molecular weight excluding hydrogens is 613 g/mol. The van der Waals surface area contributed by atoms with Crippen LogP contribution in [0, 0.1) is 0 Å². The molecule has 1 aromatic heterocycles. The molecule has 9 heteroatoms. The smallest absolute Gasteiger partial charge is 0.318 e. The monoisotopic (exact) mass is 668 g/mol. The number of H-pyrrole nitrogens is 1. The molecule has 0 fully saturated rings. The molecule has 46 heavy (non-hydrogen) atoms. The molecule has 0 saturated carbocycles. The molecule has 0 aliphatic rings. The second-order valence-corrected chi connectivity index (χ2v) is 15.5. The topological polar surface area (TPSA) is 95.2 Å². The van der Waals surface area contributed by atoms with Crippen LogP contribution in [0.5, 0.6) is 0 Å². The van der Waals surface area contributed by atoms with E-state index in [0.717, 1.165) is 85.7 Å². The molecule has 254 valence electrons. The van der Waals surface area contributed by atoms with E-state index in [4.69, 9.17) is 4.98 Å². The van der Waals surface area contributed by atoms with Crippen molar-refractivity contribution in [1.29, 1.82) is 0 Å². The number of unbranched alkanes of at least 4 members (excludes halogenated alkanes) is 10. The van der Waals surface area contributed by atoms with Crippen LogP contribution in [0.3, 0.4) is 0 Å². The summed E-state index contributed by atoms with van der Waals surface area (Å²) in [7, 11) is -3.30. The highest BCUT2D eigenvalue weighted by Crippen LogP contribution is 2.34. The van der Waals surface area contributed by atoms with E-state index in [1.807, 2.05) is 47.4 Å². The summed E-state index contributed by atoms with van der Waals surface area (Å²) < 4.78 is 24.1. The number of urea groups is 1. The van der Waals surface area contributed by atoms with E-state index in [1.165, 1.54) is 51.2 Å². The van der Waals surface area contributed by atoms with Crippen molar-refractivity contribution in [2.24, 2.45) is 0 Å². The zero-order chi connectivity index (χ0) is 33.2. The molecule has 0 saturated heterocycles. The third kappa shape index (κ3) is 12.8. The highest BCUT2D eigenvalue weighted by Gasteiger charge is 2.22. The average molecular weight is 669 g/mol. The van der Waals surface area contributed by atoms with Gasteiger partial charge in [-0.15, -0.1) is 0 Å². The average Bonchev–Trinajstić information content (AvgIpc) is 3.47. The summed E-state index contributed by atoms with van der Waals surface area (Å²) in [4.78, 5) is 24.6. The van der Waals surface area contributed by atoms with E-state index in [1.54, 1.807) is 23.9 Å². The Bertz CT molecular complexity index is 1390. The lowest BCUT2D eigenvalue weighted by Gasteiger charge is -2.26. The van der Waals surface area contributed by atoms with Gasteiger partial charge in [-0.3, -0.25) is 0 Å². The van der Waals surface area contributed by atoms with Gasteiger partial charge in [0.2, 0.25) is 0 Å². The van der Waals surface area contributed by atoms with Gasteiger partial charge in [0.25, 0.3) is 0 Å². The largest absolute Gasteiger partial charge is 0.332 e. The highest BCUT2D eigenvalue weighted by atomic mass is 32.2. The van der Waals surface area contributed by atoms with Gasteiger partial charge in [-0.2, -0.15) is 0 Å². The first-order valence-electron chi connectivity index (χ1n) is 17.4. The van der Waals surface area contributed by atoms with Crippen molar-refractivity contribution in [3.8, 4) is 22.5 Å². The normalized spacial score (nSPS) is 12.3. The van der Waals surface area contributed by atoms with Crippen molar-refractivity contribution in [2.75, 3.05) is 19.3 Å². The van der Waals surface area contributed by atoms with Crippen LogP contribution in [-0.4, -0.2) is 54.0 Å². The lowest BCUT2D eigenvalue weighted by Crippen LogP contribution is -2.44. The van der Waals surface area contributed by atoms with Gasteiger partial charge in [0, 0.05) is 30.5 Å². The number of sulfone groups is 1. The maximum absolute atomic E-state index is 13.7. The van der Waals surface area contributed by atoms with E-state index >= 15 is 0 Å². The minimum Gasteiger partial charge on any atom is -0.332 e. The van der Waals surface area contributed by atoms with E-state index in [2.05, 4.69) is 31.1 Å². The maximum Gasteiger partial charge on any atom is 0.318 e. The molecule has 1 heterocycles. The number of thioether (sulfide) groups is 1. The minimum atomic E-state index is -3.30. The van der Waals surface area contributed by atoms with Gasteiger partial charge in [0.05, 0.1) is 21.7 Å². The number of hydrogen-bond donors (Lipinski definition) is 2. The fourth-order valence-corrected chi connectivity index (χ4v) is 7.16. The van der Waals surface area contributed by atoms with Crippen molar-refractivity contribution < 1.29 is 13.2 Å². The van der Waals surface area contributed by atoms with Crippen LogP contribution in [0.2, 0.25) is 0 Å². The van der Waals surface area contributed by atoms with Crippen LogP contribution in [-0.2, 0) is 9.84 Å². The Morgan fingerprint density at radius 3 is 1.91 bits per heavy atom. The molecule has 0 aliphatic heterocycles. The van der Waals surface area contributed by atoms with Crippen molar-refractivity contribution in [1.82, 2.24) is 20.2 Å². The van der Waals surface area contributed by atoms with Crippen molar-refractivity contribution in [3.63, 3.8) is 0 Å². The summed E-state index contributed by atoms with van der Waals surface area (Å²) in [6.07, 6.45) is 17.2. The quantitative estimate of drug-likeness (QED) is 0.0631. The molecule has 0 radical (unpaired) electrons. The zero-order valence-electron chi connectivity index (χ0n) is 28.5. The molecule has 1 unspecified atom stereocenters. The van der Waals surface area contributed by atoms with E-state index in [-0.39, 0.29) is 16.3 Å². The zero-order valence-corrected chi connectivity index (χ0v) is 30.2. The number of hydrogen-bond acceptors (Lipinski definition) is 5. The molecule has 0 bridgehead atoms. The Balaban J connectivity index is 1.80. The molecule has 1 atom stereocenters. The summed E-state index contributed by atoms with van der Waals surface area (Å²) in [6.45, 7) is 8.22. The molecule has 2 amide bonds. The molecule has 7 nitrogen and oxygen atoms in total. The molecule has 2 N–H and O–H groups in total. The van der Waals surface area contributed by atoms with Crippen LogP contribution >= 0.6 is 11.8 Å². The fourth-order valence-electron chi connectivity index (χ4n) is 5.51. The first-order chi connectivity index (χ1) is 22.3. The predicted octanol–water partition coefficient (Wildman–Crippen LogP) is 10.1. The Morgan fingerprint density at radius 1 is 0.783 bits per heavy atom. The van der Waals surface area contributed by atoms with E-state index < -0.39 is 9.84 Å². The standard InChI is InChI=1S/C37H56N4O3S2/c1-5-8-11-13-15-20-29-41(28-19-14-12-9-6-2)37(42)38-33(23-10-7-3)45-36-39-34(30-21-17-16-18-22-30)35(40-36)31-24-26-32(27-25-31)46(4,43)44/h16-18,21-22,24-27,33H,5-15,19-20,23,28-29H2,1-4H3,(H,38,42)(H,39,40). The number of amides is 2. The van der Waals surface area contributed by atoms with Gasteiger partial charge in [-0.25, -0.2) is 18.2 Å². The minimum absolute atomic E-state index is 0.0177. The number of rotatable bonds is 22. The second kappa shape index (κ2) is 20.5. The van der Waals surface area contributed by atoms with Gasteiger partial charge >= 0.3 is 6.03 Å². The highest BCUT2D eigenvalue weighted by molar-refractivity contribution is 7.99. The number of nitrogens with one attached hydrogen (secondary N) is 2. The van der Waals surface area contributed by atoms with Crippen molar-refractivity contribution >= 4 is 27.6 Å². The van der Waals surface area contributed by atoms with Crippen molar-refractivity contribution in [2.45, 2.75) is 126 Å². The first-order valence-corrected chi connectivity index (χ1v) is 20.2. The number of benzene rings is 2. The summed E-state index contributed by atoms with van der Waals surface area (Å²) in [6, 6.07) is 16.9. The maximum atomic E-state index is 13.7. The first kappa shape index (κ1) is 37.7. The molecule has 2 aromatic carbocycles. The van der Waals surface area contributed by atoms with Crippen LogP contribution in [0.25, 0.3) is 22.5 Å². The molecular formula is C37H56N4O3S2. The van der Waals surface area contributed by atoms with Crippen LogP contribution in [0.15, 0.2) is 64.6 Å². The van der Waals surface area contributed by atoms with Gasteiger partial charge < -0.3 is 15.2 Å². The fraction of sp³-hybridized carbons (Fsp3) is 0.568. The number of imidazole rings is 1. The predicted molar refractivity (Wildman–Crippen MR) is 194 cm³/mol. The Labute approximate surface area is 282 Å². The van der Waals surface area contributed by atoms with Crippen LogP contribution in [0.1, 0.15) is 111 Å². The van der Waals surface area contributed by atoms with Gasteiger partial charge in [-0.05, 0) is 31.4 Å². The number of nitrogens with zero attached hydrogens (tertiary/aromatic N) is 2. The van der Waals surface area contributed by atoms with Crippen LogP contribution in [0.4, 0.5) is 4.79 Å².